The first-order chi connectivity index (χ1) is 12.1. The number of aryl methyl sites for hydroxylation is 1. The molecule has 0 bridgehead atoms. The molecule has 1 heterocycles. The van der Waals surface area contributed by atoms with Crippen molar-refractivity contribution in [3.63, 3.8) is 0 Å². The molecule has 26 heavy (non-hydrogen) atoms. The quantitative estimate of drug-likeness (QED) is 0.823. The van der Waals surface area contributed by atoms with Gasteiger partial charge in [-0.1, -0.05) is 6.07 Å². The van der Waals surface area contributed by atoms with Gasteiger partial charge < -0.3 is 10.2 Å². The number of benzene rings is 1. The number of alkyl halides is 3. The Hall–Kier alpha value is -2.16. The van der Waals surface area contributed by atoms with E-state index in [2.05, 4.69) is 5.32 Å². The molecule has 0 aromatic heterocycles. The number of anilines is 1. The predicted octanol–water partition coefficient (Wildman–Crippen LogP) is 2.56. The molecule has 144 valence electrons. The van der Waals surface area contributed by atoms with Crippen LogP contribution in [0.3, 0.4) is 0 Å². The van der Waals surface area contributed by atoms with Gasteiger partial charge in [0.2, 0.25) is 11.8 Å². The maximum Gasteiger partial charge on any atom is 0.397 e. The largest absolute Gasteiger partial charge is 0.397 e. The fraction of sp³-hybridized carbons (Fsp3) is 0.529. The molecule has 1 saturated heterocycles. The lowest BCUT2D eigenvalue weighted by Gasteiger charge is -2.37. The molecule has 1 aromatic rings. The van der Waals surface area contributed by atoms with Crippen molar-refractivity contribution in [3.8, 4) is 0 Å². The Kier molecular flexibility index (Phi) is 6.22. The molecular formula is C17H21F4N3O2. The molecule has 0 aliphatic carbocycles. The fourth-order valence-electron chi connectivity index (χ4n) is 2.77. The molecule has 0 spiro atoms. The van der Waals surface area contributed by atoms with Crippen LogP contribution in [0.4, 0.5) is 23.2 Å². The first-order valence-electron chi connectivity index (χ1n) is 8.22. The fourth-order valence-corrected chi connectivity index (χ4v) is 2.77. The molecule has 9 heteroatoms. The normalized spacial score (nSPS) is 17.1. The third-order valence-corrected chi connectivity index (χ3v) is 4.33. The number of hydrogen-bond acceptors (Lipinski definition) is 3. The molecule has 1 unspecified atom stereocenters. The predicted molar refractivity (Wildman–Crippen MR) is 88.1 cm³/mol. The van der Waals surface area contributed by atoms with Gasteiger partial charge in [-0.2, -0.15) is 13.2 Å². The summed E-state index contributed by atoms with van der Waals surface area (Å²) < 4.78 is 50.7. The van der Waals surface area contributed by atoms with Crippen molar-refractivity contribution in [2.75, 3.05) is 31.5 Å². The lowest BCUT2D eigenvalue weighted by atomic mass is 10.2. The van der Waals surface area contributed by atoms with Crippen LogP contribution in [-0.2, 0) is 9.59 Å². The molecule has 1 fully saturated rings. The first kappa shape index (κ1) is 20.2. The van der Waals surface area contributed by atoms with Crippen LogP contribution in [0, 0.1) is 12.7 Å². The second-order valence-electron chi connectivity index (χ2n) is 6.36. The molecule has 0 radical (unpaired) electrons. The number of nitrogens with zero attached hydrogens (tertiary/aromatic N) is 2. The molecular weight excluding hydrogens is 354 g/mol. The third kappa shape index (κ3) is 5.42. The second-order valence-corrected chi connectivity index (χ2v) is 6.36. The van der Waals surface area contributed by atoms with E-state index in [1.54, 1.807) is 24.8 Å². The summed E-state index contributed by atoms with van der Waals surface area (Å²) >= 11 is 0. The first-order valence-corrected chi connectivity index (χ1v) is 8.22. The van der Waals surface area contributed by atoms with Gasteiger partial charge in [0.15, 0.2) is 0 Å². The Balaban J connectivity index is 1.88. The van der Waals surface area contributed by atoms with Gasteiger partial charge in [-0.3, -0.25) is 14.5 Å². The van der Waals surface area contributed by atoms with Crippen molar-refractivity contribution in [1.29, 1.82) is 0 Å². The lowest BCUT2D eigenvalue weighted by Crippen LogP contribution is -2.54. The molecule has 0 saturated carbocycles. The van der Waals surface area contributed by atoms with Crippen molar-refractivity contribution in [2.24, 2.45) is 0 Å². The standard InChI is InChI=1S/C17H21F4N3O2/c1-11-3-4-14(13(18)9-11)22-16(26)12(2)23-5-7-24(8-6-23)15(25)10-17(19,20)21/h3-4,9,12H,5-8,10H2,1-2H3,(H,22,26). The summed E-state index contributed by atoms with van der Waals surface area (Å²) in [6.45, 7) is 4.14. The summed E-state index contributed by atoms with van der Waals surface area (Å²) in [6, 6.07) is 3.86. The molecule has 1 aliphatic rings. The molecule has 2 rings (SSSR count). The van der Waals surface area contributed by atoms with Crippen LogP contribution >= 0.6 is 0 Å². The molecule has 1 N–H and O–H groups in total. The van der Waals surface area contributed by atoms with E-state index in [0.29, 0.717) is 0 Å². The van der Waals surface area contributed by atoms with E-state index in [1.807, 2.05) is 0 Å². The minimum Gasteiger partial charge on any atom is -0.340 e. The Morgan fingerprint density at radius 2 is 1.81 bits per heavy atom. The van der Waals surface area contributed by atoms with Gasteiger partial charge >= 0.3 is 6.18 Å². The number of nitrogens with one attached hydrogen (secondary N) is 1. The van der Waals surface area contributed by atoms with Gasteiger partial charge in [-0.25, -0.2) is 4.39 Å². The zero-order valence-corrected chi connectivity index (χ0v) is 14.6. The van der Waals surface area contributed by atoms with E-state index in [1.165, 1.54) is 12.1 Å². The van der Waals surface area contributed by atoms with Gasteiger partial charge in [0.05, 0.1) is 11.7 Å². The molecule has 2 amide bonds. The smallest absolute Gasteiger partial charge is 0.340 e. The van der Waals surface area contributed by atoms with Gasteiger partial charge in [0, 0.05) is 26.2 Å². The third-order valence-electron chi connectivity index (χ3n) is 4.33. The van der Waals surface area contributed by atoms with E-state index < -0.39 is 36.3 Å². The van der Waals surface area contributed by atoms with Gasteiger partial charge in [-0.15, -0.1) is 0 Å². The number of carbonyl (C=O) groups excluding carboxylic acids is 2. The van der Waals surface area contributed by atoms with Crippen LogP contribution in [0.5, 0.6) is 0 Å². The Bertz CT molecular complexity index is 670. The summed E-state index contributed by atoms with van der Waals surface area (Å²) in [5.74, 6) is -1.91. The Morgan fingerprint density at radius 3 is 2.35 bits per heavy atom. The average molecular weight is 375 g/mol. The molecule has 1 atom stereocenters. The van der Waals surface area contributed by atoms with Crippen LogP contribution in [0.25, 0.3) is 0 Å². The highest BCUT2D eigenvalue weighted by molar-refractivity contribution is 5.94. The van der Waals surface area contributed by atoms with E-state index >= 15 is 0 Å². The topological polar surface area (TPSA) is 52.7 Å². The summed E-state index contributed by atoms with van der Waals surface area (Å²) in [4.78, 5) is 26.8. The zero-order chi connectivity index (χ0) is 19.5. The van der Waals surface area contributed by atoms with E-state index in [-0.39, 0.29) is 31.9 Å². The highest BCUT2D eigenvalue weighted by atomic mass is 19.4. The van der Waals surface area contributed by atoms with Gasteiger partial charge in [0.1, 0.15) is 12.2 Å². The van der Waals surface area contributed by atoms with Crippen LogP contribution in [-0.4, -0.2) is 60.0 Å². The number of amides is 2. The highest BCUT2D eigenvalue weighted by Gasteiger charge is 2.35. The van der Waals surface area contributed by atoms with Gasteiger partial charge in [-0.05, 0) is 31.5 Å². The zero-order valence-electron chi connectivity index (χ0n) is 14.6. The minimum absolute atomic E-state index is 0.0754. The van der Waals surface area contributed by atoms with Crippen LogP contribution in [0.1, 0.15) is 18.9 Å². The minimum atomic E-state index is -4.53. The van der Waals surface area contributed by atoms with Crippen molar-refractivity contribution in [2.45, 2.75) is 32.5 Å². The van der Waals surface area contributed by atoms with Crippen molar-refractivity contribution >= 4 is 17.5 Å². The van der Waals surface area contributed by atoms with Crippen molar-refractivity contribution < 1.29 is 27.2 Å². The number of piperazine rings is 1. The lowest BCUT2D eigenvalue weighted by molar-refractivity contribution is -0.162. The Labute approximate surface area is 148 Å². The molecule has 1 aromatic carbocycles. The maximum absolute atomic E-state index is 13.8. The van der Waals surface area contributed by atoms with Crippen molar-refractivity contribution in [3.05, 3.63) is 29.6 Å². The number of carbonyl (C=O) groups is 2. The van der Waals surface area contributed by atoms with E-state index in [0.717, 1.165) is 10.5 Å². The number of hydrogen-bond donors (Lipinski definition) is 1. The maximum atomic E-state index is 13.8. The van der Waals surface area contributed by atoms with Crippen molar-refractivity contribution in [1.82, 2.24) is 9.80 Å². The Morgan fingerprint density at radius 1 is 1.19 bits per heavy atom. The van der Waals surface area contributed by atoms with Crippen LogP contribution < -0.4 is 5.32 Å². The van der Waals surface area contributed by atoms with Gasteiger partial charge in [0.25, 0.3) is 0 Å². The number of rotatable bonds is 4. The highest BCUT2D eigenvalue weighted by Crippen LogP contribution is 2.21. The van der Waals surface area contributed by atoms with Crippen LogP contribution in [0.15, 0.2) is 18.2 Å². The van der Waals surface area contributed by atoms with Crippen LogP contribution in [0.2, 0.25) is 0 Å². The molecule has 1 aliphatic heterocycles. The SMILES string of the molecule is Cc1ccc(NC(=O)C(C)N2CCN(C(=O)CC(F)(F)F)CC2)c(F)c1. The summed E-state index contributed by atoms with van der Waals surface area (Å²) in [5.41, 5.74) is 0.805. The summed E-state index contributed by atoms with van der Waals surface area (Å²) in [6.07, 6.45) is -6.00. The average Bonchev–Trinajstić information content (AvgIpc) is 2.55. The van der Waals surface area contributed by atoms with E-state index in [9.17, 15) is 27.2 Å². The van der Waals surface area contributed by atoms with E-state index in [4.69, 9.17) is 0 Å². The summed E-state index contributed by atoms with van der Waals surface area (Å²) in [5, 5.41) is 2.51. The summed E-state index contributed by atoms with van der Waals surface area (Å²) in [7, 11) is 0. The number of halogens is 4. The second kappa shape index (κ2) is 8.03. The monoisotopic (exact) mass is 375 g/mol. The molecule has 5 nitrogen and oxygen atoms in total.